The first-order valence-electron chi connectivity index (χ1n) is 16.7. The van der Waals surface area contributed by atoms with E-state index in [1.807, 2.05) is 59.0 Å². The first-order valence-corrected chi connectivity index (χ1v) is 20.4. The smallest absolute Gasteiger partial charge is 0.145 e. The summed E-state index contributed by atoms with van der Waals surface area (Å²) in [7, 11) is 2.79. The number of halogens is 1. The van der Waals surface area contributed by atoms with E-state index in [0.29, 0.717) is 31.5 Å². The molecule has 0 radical (unpaired) electrons. The van der Waals surface area contributed by atoms with Gasteiger partial charge in [0.05, 0.1) is 29.9 Å². The van der Waals surface area contributed by atoms with E-state index in [0.717, 1.165) is 79.3 Å². The number of piperidine rings is 1. The van der Waals surface area contributed by atoms with E-state index in [2.05, 4.69) is 40.6 Å². The van der Waals surface area contributed by atoms with Crippen LogP contribution in [0.15, 0.2) is 49.2 Å². The maximum absolute atomic E-state index is 14.2. The molecular formula is C35H47FN8O2Si. The van der Waals surface area contributed by atoms with Gasteiger partial charge in [-0.05, 0) is 69.6 Å². The zero-order valence-corrected chi connectivity index (χ0v) is 29.3. The van der Waals surface area contributed by atoms with Gasteiger partial charge in [-0.3, -0.25) is 9.58 Å². The van der Waals surface area contributed by atoms with Crippen LogP contribution in [0.2, 0.25) is 25.7 Å². The highest BCUT2D eigenvalue weighted by molar-refractivity contribution is 6.76. The van der Waals surface area contributed by atoms with Crippen LogP contribution < -0.4 is 4.74 Å². The molecule has 1 aliphatic carbocycles. The third kappa shape index (κ3) is 7.75. The third-order valence-corrected chi connectivity index (χ3v) is 11.2. The molecule has 2 fully saturated rings. The summed E-state index contributed by atoms with van der Waals surface area (Å²) in [6.45, 7) is 10.8. The van der Waals surface area contributed by atoms with Gasteiger partial charge in [-0.15, -0.1) is 0 Å². The van der Waals surface area contributed by atoms with Gasteiger partial charge in [0.2, 0.25) is 0 Å². The molecule has 10 nitrogen and oxygen atoms in total. The first-order chi connectivity index (χ1) is 22.5. The van der Waals surface area contributed by atoms with E-state index in [1.54, 1.807) is 12.4 Å². The number of ether oxygens (including phenoxy) is 2. The summed E-state index contributed by atoms with van der Waals surface area (Å²) in [6.07, 6.45) is 11.5. The van der Waals surface area contributed by atoms with Gasteiger partial charge < -0.3 is 18.9 Å². The van der Waals surface area contributed by atoms with Crippen molar-refractivity contribution in [2.24, 2.45) is 0 Å². The fraction of sp³-hybridized carbons (Fsp3) is 0.543. The van der Waals surface area contributed by atoms with Crippen molar-refractivity contribution < 1.29 is 13.9 Å². The van der Waals surface area contributed by atoms with Crippen LogP contribution in [0, 0.1) is 17.1 Å². The molecule has 1 aromatic carbocycles. The minimum absolute atomic E-state index is 0.0640. The molecule has 4 aromatic rings. The van der Waals surface area contributed by atoms with Gasteiger partial charge in [-0.25, -0.2) is 14.4 Å². The van der Waals surface area contributed by atoms with Crippen LogP contribution in [0.4, 0.5) is 4.39 Å². The number of fused-ring (bicyclic) bond motifs is 1. The van der Waals surface area contributed by atoms with Crippen molar-refractivity contribution in [3.63, 3.8) is 0 Å². The van der Waals surface area contributed by atoms with Crippen LogP contribution in [0.1, 0.15) is 37.7 Å². The van der Waals surface area contributed by atoms with E-state index in [-0.39, 0.29) is 17.5 Å². The number of hydrogen-bond acceptors (Lipinski definition) is 8. The predicted molar refractivity (Wildman–Crippen MR) is 183 cm³/mol. The van der Waals surface area contributed by atoms with Crippen molar-refractivity contribution in [2.45, 2.75) is 88.7 Å². The monoisotopic (exact) mass is 658 g/mol. The quantitative estimate of drug-likeness (QED) is 0.125. The summed E-state index contributed by atoms with van der Waals surface area (Å²) in [4.78, 5) is 13.7. The fourth-order valence-electron chi connectivity index (χ4n) is 6.92. The Hall–Kier alpha value is -3.63. The van der Waals surface area contributed by atoms with Crippen LogP contribution in [-0.4, -0.2) is 88.1 Å². The van der Waals surface area contributed by atoms with Gasteiger partial charge in [0, 0.05) is 69.8 Å². The largest absolute Gasteiger partial charge is 0.490 e. The Kier molecular flexibility index (Phi) is 9.80. The average Bonchev–Trinajstić information content (AvgIpc) is 3.64. The Labute approximate surface area is 278 Å². The molecule has 0 atom stereocenters. The fourth-order valence-corrected chi connectivity index (χ4v) is 7.67. The van der Waals surface area contributed by atoms with Crippen molar-refractivity contribution in [1.29, 1.82) is 5.26 Å². The summed E-state index contributed by atoms with van der Waals surface area (Å²) < 4.78 is 30.5. The summed E-state index contributed by atoms with van der Waals surface area (Å²) in [6, 6.07) is 11.0. The highest BCUT2D eigenvalue weighted by atomic mass is 28.3. The first kappa shape index (κ1) is 33.3. The second-order valence-corrected chi connectivity index (χ2v) is 20.4. The molecular weight excluding hydrogens is 612 g/mol. The minimum Gasteiger partial charge on any atom is -0.490 e. The maximum Gasteiger partial charge on any atom is 0.145 e. The van der Waals surface area contributed by atoms with Crippen LogP contribution >= 0.6 is 0 Å². The average molecular weight is 659 g/mol. The third-order valence-electron chi connectivity index (χ3n) is 9.49. The summed E-state index contributed by atoms with van der Waals surface area (Å²) >= 11 is 0. The minimum atomic E-state index is -1.15. The second kappa shape index (κ2) is 13.8. The Morgan fingerprint density at radius 1 is 1.13 bits per heavy atom. The standard InChI is InChI=1S/C35H47FN8O2Si/c1-41(2)22-26-16-28(36)18-31(17-26)46-30-6-11-42(12-7-30)29-19-35(20-29,9-10-37)44-23-27(21-40-44)33-32-8-13-43(34(32)39-24-38-33)25-45-14-15-47(3,4)5/h8,13,16-18,21,23-24,29-30H,6-7,9,11-12,14-15,19-20,22,25H2,1-5H3/t29-,35-. The van der Waals surface area contributed by atoms with E-state index >= 15 is 0 Å². The van der Waals surface area contributed by atoms with Crippen LogP contribution in [0.3, 0.4) is 0 Å². The maximum atomic E-state index is 14.2. The summed E-state index contributed by atoms with van der Waals surface area (Å²) in [5.74, 6) is 0.344. The Morgan fingerprint density at radius 3 is 2.64 bits per heavy atom. The predicted octanol–water partition coefficient (Wildman–Crippen LogP) is 6.12. The Balaban J connectivity index is 1.07. The van der Waals surface area contributed by atoms with Crippen molar-refractivity contribution >= 4 is 19.1 Å². The topological polar surface area (TPSA) is 97.3 Å². The van der Waals surface area contributed by atoms with E-state index in [1.165, 1.54) is 6.07 Å². The number of nitrogens with zero attached hydrogens (tertiary/aromatic N) is 8. The highest BCUT2D eigenvalue weighted by Crippen LogP contribution is 2.45. The molecule has 1 saturated heterocycles. The van der Waals surface area contributed by atoms with Crippen LogP contribution in [0.25, 0.3) is 22.3 Å². The number of rotatable bonds is 13. The lowest BCUT2D eigenvalue weighted by atomic mass is 9.69. The lowest BCUT2D eigenvalue weighted by molar-refractivity contribution is -0.0207. The number of likely N-dealkylation sites (tertiary alicyclic amines) is 1. The van der Waals surface area contributed by atoms with Gasteiger partial charge >= 0.3 is 0 Å². The zero-order chi connectivity index (χ0) is 33.2. The lowest BCUT2D eigenvalue weighted by Gasteiger charge is -2.52. The van der Waals surface area contributed by atoms with Crippen LogP contribution in [0.5, 0.6) is 5.75 Å². The number of benzene rings is 1. The number of nitriles is 1. The number of aromatic nitrogens is 5. The van der Waals surface area contributed by atoms with Gasteiger partial charge in [0.25, 0.3) is 0 Å². The molecule has 12 heteroatoms. The van der Waals surface area contributed by atoms with Gasteiger partial charge in [0.1, 0.15) is 36.4 Å². The normalized spacial score (nSPS) is 20.9. The molecule has 1 aliphatic heterocycles. The van der Waals surface area contributed by atoms with E-state index in [4.69, 9.17) is 14.6 Å². The summed E-state index contributed by atoms with van der Waals surface area (Å²) in [5, 5.41) is 15.5. The van der Waals surface area contributed by atoms with Crippen molar-refractivity contribution in [3.8, 4) is 23.1 Å². The molecule has 3 aromatic heterocycles. The molecule has 0 bridgehead atoms. The molecule has 2 aliphatic rings. The molecule has 1 saturated carbocycles. The molecule has 4 heterocycles. The second-order valence-electron chi connectivity index (χ2n) is 14.8. The highest BCUT2D eigenvalue weighted by Gasteiger charge is 2.49. The van der Waals surface area contributed by atoms with Crippen molar-refractivity contribution in [2.75, 3.05) is 33.8 Å². The number of hydrogen-bond donors (Lipinski definition) is 0. The van der Waals surface area contributed by atoms with Gasteiger partial charge in [-0.2, -0.15) is 10.4 Å². The Morgan fingerprint density at radius 2 is 1.91 bits per heavy atom. The lowest BCUT2D eigenvalue weighted by Crippen LogP contribution is -2.58. The SMILES string of the molecule is CN(C)Cc1cc(F)cc(OC2CCN([C@H]3C[C@](CC#N)(n4cc(-c5ncnc6c5ccn6COCC[Si](C)(C)C)cn4)C3)CC2)c1. The zero-order valence-electron chi connectivity index (χ0n) is 28.3. The van der Waals surface area contributed by atoms with Gasteiger partial charge in [0.15, 0.2) is 0 Å². The Bertz CT molecular complexity index is 1710. The van der Waals surface area contributed by atoms with E-state index < -0.39 is 8.07 Å². The molecule has 250 valence electrons. The van der Waals surface area contributed by atoms with Crippen molar-refractivity contribution in [3.05, 3.63) is 60.6 Å². The molecule has 6 rings (SSSR count). The molecule has 0 unspecified atom stereocenters. The van der Waals surface area contributed by atoms with Gasteiger partial charge in [-0.1, -0.05) is 19.6 Å². The van der Waals surface area contributed by atoms with Crippen molar-refractivity contribution in [1.82, 2.24) is 34.1 Å². The summed E-state index contributed by atoms with van der Waals surface area (Å²) in [5.41, 5.74) is 3.16. The molecule has 47 heavy (non-hydrogen) atoms. The molecule has 0 spiro atoms. The van der Waals surface area contributed by atoms with Crippen LogP contribution in [-0.2, 0) is 23.6 Å². The molecule has 0 N–H and O–H groups in total. The molecule has 0 amide bonds. The van der Waals surface area contributed by atoms with E-state index in [9.17, 15) is 9.65 Å².